The Balaban J connectivity index is 2.43. The predicted octanol–water partition coefficient (Wildman–Crippen LogP) is 1.04. The molecule has 88 valence electrons. The number of hydrazine groups is 1. The monoisotopic (exact) mass is 230 g/mol. The molecule has 0 aliphatic carbocycles. The molecule has 1 rings (SSSR count). The van der Waals surface area contributed by atoms with Gasteiger partial charge in [-0.3, -0.25) is 10.4 Å². The van der Waals surface area contributed by atoms with Crippen molar-refractivity contribution < 1.29 is 0 Å². The van der Waals surface area contributed by atoms with Gasteiger partial charge in [0, 0.05) is 25.4 Å². The van der Waals surface area contributed by atoms with Crippen molar-refractivity contribution in [2.75, 3.05) is 31.1 Å². The number of hydrogen-bond acceptors (Lipinski definition) is 3. The summed E-state index contributed by atoms with van der Waals surface area (Å²) in [5.41, 5.74) is 2.73. The Labute approximate surface area is 96.7 Å². The lowest BCUT2D eigenvalue weighted by atomic mass is 10.3. The molecule has 1 fully saturated rings. The summed E-state index contributed by atoms with van der Waals surface area (Å²) >= 11 is 2.01. The molecular formula is C10H22N4S. The number of guanidine groups is 1. The second-order valence-corrected chi connectivity index (χ2v) is 4.88. The Morgan fingerprint density at radius 2 is 2.33 bits per heavy atom. The van der Waals surface area contributed by atoms with E-state index in [1.54, 1.807) is 0 Å². The van der Waals surface area contributed by atoms with Crippen molar-refractivity contribution in [3.8, 4) is 0 Å². The molecule has 0 unspecified atom stereocenters. The van der Waals surface area contributed by atoms with Crippen molar-refractivity contribution in [3.63, 3.8) is 0 Å². The Kier molecular flexibility index (Phi) is 6.59. The standard InChI is InChI=1S/C10H22N4S/c1-2-3-5-12-10(13-11)14-6-4-8-15-9-7-14/h2-9,11H2,1H3,(H,12,13). The van der Waals surface area contributed by atoms with E-state index in [-0.39, 0.29) is 0 Å². The van der Waals surface area contributed by atoms with E-state index < -0.39 is 0 Å². The lowest BCUT2D eigenvalue weighted by Crippen LogP contribution is -2.45. The SMILES string of the molecule is CCCCN=C(NN)N1CCCSCC1. The summed E-state index contributed by atoms with van der Waals surface area (Å²) in [5, 5.41) is 0. The molecule has 4 nitrogen and oxygen atoms in total. The van der Waals surface area contributed by atoms with Crippen LogP contribution in [-0.2, 0) is 0 Å². The van der Waals surface area contributed by atoms with Gasteiger partial charge >= 0.3 is 0 Å². The summed E-state index contributed by atoms with van der Waals surface area (Å²) < 4.78 is 0. The summed E-state index contributed by atoms with van der Waals surface area (Å²) in [6, 6.07) is 0. The molecule has 15 heavy (non-hydrogen) atoms. The van der Waals surface area contributed by atoms with Crippen molar-refractivity contribution in [1.82, 2.24) is 10.3 Å². The topological polar surface area (TPSA) is 53.6 Å². The lowest BCUT2D eigenvalue weighted by Gasteiger charge is -2.23. The zero-order chi connectivity index (χ0) is 10.9. The highest BCUT2D eigenvalue weighted by Gasteiger charge is 2.12. The zero-order valence-electron chi connectivity index (χ0n) is 9.54. The third kappa shape index (κ3) is 4.75. The van der Waals surface area contributed by atoms with Crippen molar-refractivity contribution >= 4 is 17.7 Å². The number of nitrogens with zero attached hydrogens (tertiary/aromatic N) is 2. The molecule has 1 saturated heterocycles. The van der Waals surface area contributed by atoms with Gasteiger partial charge in [-0.25, -0.2) is 5.84 Å². The van der Waals surface area contributed by atoms with Gasteiger partial charge in [0.25, 0.3) is 0 Å². The Morgan fingerprint density at radius 3 is 3.07 bits per heavy atom. The molecule has 0 atom stereocenters. The maximum absolute atomic E-state index is 5.51. The van der Waals surface area contributed by atoms with Crippen LogP contribution in [0.5, 0.6) is 0 Å². The number of nitrogens with one attached hydrogen (secondary N) is 1. The smallest absolute Gasteiger partial charge is 0.208 e. The maximum atomic E-state index is 5.51. The molecule has 0 amide bonds. The van der Waals surface area contributed by atoms with Gasteiger partial charge in [-0.1, -0.05) is 13.3 Å². The van der Waals surface area contributed by atoms with Crippen molar-refractivity contribution in [2.24, 2.45) is 10.8 Å². The summed E-state index contributed by atoms with van der Waals surface area (Å²) in [6.45, 7) is 5.18. The highest BCUT2D eigenvalue weighted by Crippen LogP contribution is 2.09. The largest absolute Gasteiger partial charge is 0.341 e. The first kappa shape index (κ1) is 12.6. The molecule has 0 aromatic heterocycles. The Bertz CT molecular complexity index is 188. The first-order valence-electron chi connectivity index (χ1n) is 5.72. The molecule has 0 spiro atoms. The van der Waals surface area contributed by atoms with E-state index in [9.17, 15) is 0 Å². The molecular weight excluding hydrogens is 208 g/mol. The van der Waals surface area contributed by atoms with Crippen LogP contribution in [0.4, 0.5) is 0 Å². The van der Waals surface area contributed by atoms with Gasteiger partial charge in [-0.15, -0.1) is 0 Å². The average molecular weight is 230 g/mol. The number of nitrogens with two attached hydrogens (primary N) is 1. The second-order valence-electron chi connectivity index (χ2n) is 3.66. The number of unbranched alkanes of at least 4 members (excludes halogenated alkanes) is 1. The molecule has 1 aliphatic heterocycles. The minimum absolute atomic E-state index is 0.867. The molecule has 0 radical (unpaired) electrons. The van der Waals surface area contributed by atoms with E-state index in [4.69, 9.17) is 5.84 Å². The van der Waals surface area contributed by atoms with E-state index >= 15 is 0 Å². The third-order valence-electron chi connectivity index (χ3n) is 2.42. The van der Waals surface area contributed by atoms with Crippen LogP contribution in [0.25, 0.3) is 0 Å². The number of hydrogen-bond donors (Lipinski definition) is 2. The molecule has 0 saturated carbocycles. The fourth-order valence-corrected chi connectivity index (χ4v) is 2.42. The van der Waals surface area contributed by atoms with Crippen molar-refractivity contribution in [3.05, 3.63) is 0 Å². The first-order valence-corrected chi connectivity index (χ1v) is 6.87. The summed E-state index contributed by atoms with van der Waals surface area (Å²) in [4.78, 5) is 6.75. The summed E-state index contributed by atoms with van der Waals surface area (Å²) in [5.74, 6) is 8.80. The highest BCUT2D eigenvalue weighted by atomic mass is 32.2. The van der Waals surface area contributed by atoms with Gasteiger partial charge in [0.2, 0.25) is 5.96 Å². The van der Waals surface area contributed by atoms with Crippen LogP contribution >= 0.6 is 11.8 Å². The first-order chi connectivity index (χ1) is 7.38. The highest BCUT2D eigenvalue weighted by molar-refractivity contribution is 7.99. The maximum Gasteiger partial charge on any atom is 0.208 e. The number of rotatable bonds is 3. The van der Waals surface area contributed by atoms with Gasteiger partial charge in [0.05, 0.1) is 0 Å². The summed E-state index contributed by atoms with van der Waals surface area (Å²) in [7, 11) is 0. The fraction of sp³-hybridized carbons (Fsp3) is 0.900. The van der Waals surface area contributed by atoms with Gasteiger partial charge in [-0.2, -0.15) is 11.8 Å². The van der Waals surface area contributed by atoms with Gasteiger partial charge in [0.15, 0.2) is 0 Å². The molecule has 3 N–H and O–H groups in total. The Morgan fingerprint density at radius 1 is 1.47 bits per heavy atom. The van der Waals surface area contributed by atoms with E-state index in [1.165, 1.54) is 24.3 Å². The number of aliphatic imine (C=N–C) groups is 1. The van der Waals surface area contributed by atoms with Crippen LogP contribution in [0, 0.1) is 0 Å². The average Bonchev–Trinajstić information content (AvgIpc) is 2.53. The molecule has 1 heterocycles. The van der Waals surface area contributed by atoms with Crippen LogP contribution in [0.2, 0.25) is 0 Å². The van der Waals surface area contributed by atoms with Gasteiger partial charge in [0.1, 0.15) is 0 Å². The van der Waals surface area contributed by atoms with E-state index in [2.05, 4.69) is 22.2 Å². The van der Waals surface area contributed by atoms with Gasteiger partial charge < -0.3 is 4.90 Å². The minimum atomic E-state index is 0.867. The van der Waals surface area contributed by atoms with Crippen molar-refractivity contribution in [2.45, 2.75) is 26.2 Å². The fourth-order valence-electron chi connectivity index (χ4n) is 1.54. The minimum Gasteiger partial charge on any atom is -0.341 e. The molecule has 5 heteroatoms. The predicted molar refractivity (Wildman–Crippen MR) is 68.0 cm³/mol. The van der Waals surface area contributed by atoms with Crippen molar-refractivity contribution in [1.29, 1.82) is 0 Å². The second kappa shape index (κ2) is 7.82. The molecule has 0 bridgehead atoms. The number of thioether (sulfide) groups is 1. The van der Waals surface area contributed by atoms with Crippen LogP contribution in [-0.4, -0.2) is 42.0 Å². The van der Waals surface area contributed by atoms with E-state index in [0.717, 1.165) is 32.0 Å². The third-order valence-corrected chi connectivity index (χ3v) is 3.47. The van der Waals surface area contributed by atoms with Crippen LogP contribution in [0.15, 0.2) is 4.99 Å². The normalized spacial score (nSPS) is 18.8. The summed E-state index contributed by atoms with van der Waals surface area (Å²) in [6.07, 6.45) is 3.53. The molecule has 1 aliphatic rings. The zero-order valence-corrected chi connectivity index (χ0v) is 10.4. The van der Waals surface area contributed by atoms with E-state index in [0.29, 0.717) is 0 Å². The Hall–Kier alpha value is -0.420. The quantitative estimate of drug-likeness (QED) is 0.250. The van der Waals surface area contributed by atoms with Gasteiger partial charge in [-0.05, 0) is 18.6 Å². The van der Waals surface area contributed by atoms with Crippen LogP contribution in [0.3, 0.4) is 0 Å². The van der Waals surface area contributed by atoms with Crippen LogP contribution < -0.4 is 11.3 Å². The van der Waals surface area contributed by atoms with Crippen LogP contribution in [0.1, 0.15) is 26.2 Å². The lowest BCUT2D eigenvalue weighted by molar-refractivity contribution is 0.431. The molecule has 0 aromatic carbocycles. The van der Waals surface area contributed by atoms with E-state index in [1.807, 2.05) is 11.8 Å². The molecule has 0 aromatic rings.